The largest absolute Gasteiger partial charge is 0.497 e. The van der Waals surface area contributed by atoms with E-state index in [1.807, 2.05) is 38.1 Å². The average Bonchev–Trinajstić information content (AvgIpc) is 2.41. The topological polar surface area (TPSA) is 35.2 Å². The molecule has 3 heteroatoms. The van der Waals surface area contributed by atoms with E-state index in [4.69, 9.17) is 10.5 Å². The minimum absolute atomic E-state index is 0.231. The van der Waals surface area contributed by atoms with Crippen LogP contribution in [0.2, 0.25) is 0 Å². The second-order valence-corrected chi connectivity index (χ2v) is 5.35. The molecule has 2 N–H and O–H groups in total. The molecule has 2 nitrogen and oxygen atoms in total. The molecule has 0 amide bonds. The maximum Gasteiger partial charge on any atom is 0.126 e. The molecule has 0 bridgehead atoms. The monoisotopic (exact) mass is 273 g/mol. The molecule has 2 aromatic rings. The van der Waals surface area contributed by atoms with E-state index in [0.717, 1.165) is 22.4 Å². The summed E-state index contributed by atoms with van der Waals surface area (Å²) in [6, 6.07) is 10.9. The highest BCUT2D eigenvalue weighted by Gasteiger charge is 2.26. The lowest BCUT2D eigenvalue weighted by Crippen LogP contribution is -2.35. The summed E-state index contributed by atoms with van der Waals surface area (Å²) in [6.45, 7) is 5.62. The van der Waals surface area contributed by atoms with E-state index in [0.29, 0.717) is 5.56 Å². The maximum absolute atomic E-state index is 13.8. The highest BCUT2D eigenvalue weighted by atomic mass is 19.1. The van der Waals surface area contributed by atoms with Crippen molar-refractivity contribution in [1.29, 1.82) is 0 Å². The van der Waals surface area contributed by atoms with Crippen molar-refractivity contribution in [2.45, 2.75) is 26.3 Å². The van der Waals surface area contributed by atoms with Crippen LogP contribution < -0.4 is 10.5 Å². The van der Waals surface area contributed by atoms with Crippen molar-refractivity contribution in [3.8, 4) is 5.75 Å². The highest BCUT2D eigenvalue weighted by molar-refractivity contribution is 5.45. The zero-order chi connectivity index (χ0) is 14.9. The fourth-order valence-electron chi connectivity index (χ4n) is 2.42. The van der Waals surface area contributed by atoms with Gasteiger partial charge in [-0.2, -0.15) is 0 Å². The highest BCUT2D eigenvalue weighted by Crippen LogP contribution is 2.31. The van der Waals surface area contributed by atoms with Crippen LogP contribution in [0.15, 0.2) is 36.4 Å². The smallest absolute Gasteiger partial charge is 0.126 e. The Morgan fingerprint density at radius 1 is 1.05 bits per heavy atom. The zero-order valence-corrected chi connectivity index (χ0v) is 12.3. The predicted octanol–water partition coefficient (Wildman–Crippen LogP) is 3.67. The summed E-state index contributed by atoms with van der Waals surface area (Å²) in [4.78, 5) is 0. The Kier molecular flexibility index (Phi) is 3.82. The van der Waals surface area contributed by atoms with E-state index in [1.165, 1.54) is 6.07 Å². The predicted molar refractivity (Wildman–Crippen MR) is 79.5 cm³/mol. The van der Waals surface area contributed by atoms with Crippen molar-refractivity contribution in [3.05, 3.63) is 64.5 Å². The van der Waals surface area contributed by atoms with Crippen LogP contribution in [0.1, 0.15) is 29.2 Å². The van der Waals surface area contributed by atoms with Crippen molar-refractivity contribution < 1.29 is 9.13 Å². The van der Waals surface area contributed by atoms with Gasteiger partial charge >= 0.3 is 0 Å². The van der Waals surface area contributed by atoms with E-state index >= 15 is 0 Å². The Morgan fingerprint density at radius 2 is 1.75 bits per heavy atom. The average molecular weight is 273 g/mol. The van der Waals surface area contributed by atoms with E-state index in [-0.39, 0.29) is 5.82 Å². The van der Waals surface area contributed by atoms with Gasteiger partial charge in [-0.15, -0.1) is 0 Å². The van der Waals surface area contributed by atoms with E-state index < -0.39 is 5.54 Å². The second-order valence-electron chi connectivity index (χ2n) is 5.35. The third-order valence-corrected chi connectivity index (χ3v) is 3.76. The molecule has 1 atom stereocenters. The minimum Gasteiger partial charge on any atom is -0.497 e. The third-order valence-electron chi connectivity index (χ3n) is 3.76. The first-order valence-corrected chi connectivity index (χ1v) is 6.57. The first kappa shape index (κ1) is 14.5. The summed E-state index contributed by atoms with van der Waals surface area (Å²) >= 11 is 0. The lowest BCUT2D eigenvalue weighted by molar-refractivity contribution is 0.414. The summed E-state index contributed by atoms with van der Waals surface area (Å²) in [6.07, 6.45) is 0. The lowest BCUT2D eigenvalue weighted by atomic mass is 9.83. The summed E-state index contributed by atoms with van der Waals surface area (Å²) in [5.74, 6) is 0.558. The number of hydrogen-bond acceptors (Lipinski definition) is 2. The van der Waals surface area contributed by atoms with Crippen molar-refractivity contribution in [2.24, 2.45) is 5.73 Å². The molecule has 0 spiro atoms. The standard InChI is InChI=1S/C17H20FNO/c1-11-5-6-13(10-16(11)18)17(3,19)15-8-7-14(20-4)9-12(15)2/h5-10H,19H2,1-4H3. The summed E-state index contributed by atoms with van der Waals surface area (Å²) < 4.78 is 19.0. The van der Waals surface area contributed by atoms with Crippen molar-refractivity contribution in [3.63, 3.8) is 0 Å². The Hall–Kier alpha value is -1.87. The second kappa shape index (κ2) is 5.25. The summed E-state index contributed by atoms with van der Waals surface area (Å²) in [7, 11) is 1.63. The van der Waals surface area contributed by atoms with Gasteiger partial charge in [0.15, 0.2) is 0 Å². The molecule has 20 heavy (non-hydrogen) atoms. The van der Waals surface area contributed by atoms with Gasteiger partial charge in [0.1, 0.15) is 11.6 Å². The number of hydrogen-bond donors (Lipinski definition) is 1. The van der Waals surface area contributed by atoms with Gasteiger partial charge in [0.25, 0.3) is 0 Å². The molecule has 0 saturated carbocycles. The number of benzene rings is 2. The van der Waals surface area contributed by atoms with Crippen molar-refractivity contribution in [2.75, 3.05) is 7.11 Å². The van der Waals surface area contributed by atoms with Gasteiger partial charge in [0.05, 0.1) is 12.6 Å². The number of rotatable bonds is 3. The van der Waals surface area contributed by atoms with Crippen LogP contribution in [0.5, 0.6) is 5.75 Å². The van der Waals surface area contributed by atoms with Gasteiger partial charge in [-0.1, -0.05) is 18.2 Å². The molecule has 0 aliphatic rings. The van der Waals surface area contributed by atoms with Gasteiger partial charge in [-0.25, -0.2) is 4.39 Å². The Balaban J connectivity index is 2.51. The van der Waals surface area contributed by atoms with Crippen LogP contribution in [0.25, 0.3) is 0 Å². The fourth-order valence-corrected chi connectivity index (χ4v) is 2.42. The molecule has 2 rings (SSSR count). The van der Waals surface area contributed by atoms with Crippen LogP contribution in [-0.2, 0) is 5.54 Å². The van der Waals surface area contributed by atoms with E-state index in [2.05, 4.69) is 0 Å². The van der Waals surface area contributed by atoms with Gasteiger partial charge in [0, 0.05) is 0 Å². The first-order valence-electron chi connectivity index (χ1n) is 6.57. The molecule has 0 aromatic heterocycles. The third kappa shape index (κ3) is 2.54. The molecule has 0 aliphatic heterocycles. The summed E-state index contributed by atoms with van der Waals surface area (Å²) in [5, 5.41) is 0. The SMILES string of the molecule is COc1ccc(C(C)(N)c2ccc(C)c(F)c2)c(C)c1. The van der Waals surface area contributed by atoms with Gasteiger partial charge < -0.3 is 10.5 Å². The van der Waals surface area contributed by atoms with Gasteiger partial charge in [-0.3, -0.25) is 0 Å². The quantitative estimate of drug-likeness (QED) is 0.926. The molecule has 0 fully saturated rings. The molecule has 1 unspecified atom stereocenters. The minimum atomic E-state index is -0.745. The Labute approximate surface area is 119 Å². The van der Waals surface area contributed by atoms with E-state index in [9.17, 15) is 4.39 Å². The first-order chi connectivity index (χ1) is 9.36. The van der Waals surface area contributed by atoms with Crippen LogP contribution >= 0.6 is 0 Å². The van der Waals surface area contributed by atoms with Crippen LogP contribution in [0.3, 0.4) is 0 Å². The Morgan fingerprint density at radius 3 is 2.30 bits per heavy atom. The molecule has 2 aromatic carbocycles. The number of nitrogens with two attached hydrogens (primary N) is 1. The lowest BCUT2D eigenvalue weighted by Gasteiger charge is -2.28. The van der Waals surface area contributed by atoms with Gasteiger partial charge in [-0.05, 0) is 61.2 Å². The van der Waals surface area contributed by atoms with Crippen molar-refractivity contribution in [1.82, 2.24) is 0 Å². The molecule has 0 radical (unpaired) electrons. The molecular formula is C17H20FNO. The van der Waals surface area contributed by atoms with Crippen LogP contribution in [-0.4, -0.2) is 7.11 Å². The normalized spacial score (nSPS) is 13.9. The number of ether oxygens (including phenoxy) is 1. The van der Waals surface area contributed by atoms with Crippen molar-refractivity contribution >= 4 is 0 Å². The van der Waals surface area contributed by atoms with Gasteiger partial charge in [0.2, 0.25) is 0 Å². The van der Waals surface area contributed by atoms with Crippen LogP contribution in [0.4, 0.5) is 4.39 Å². The molecule has 0 aliphatic carbocycles. The molecule has 106 valence electrons. The molecule has 0 saturated heterocycles. The summed E-state index contributed by atoms with van der Waals surface area (Å²) in [5.41, 5.74) is 9.08. The number of halogens is 1. The molecular weight excluding hydrogens is 253 g/mol. The zero-order valence-electron chi connectivity index (χ0n) is 12.3. The fraction of sp³-hybridized carbons (Fsp3) is 0.294. The van der Waals surface area contributed by atoms with E-state index in [1.54, 1.807) is 20.1 Å². The Bertz CT molecular complexity index is 635. The number of aryl methyl sites for hydroxylation is 2. The maximum atomic E-state index is 13.8. The molecule has 0 heterocycles. The number of methoxy groups -OCH3 is 1. The van der Waals surface area contributed by atoms with Crippen LogP contribution in [0, 0.1) is 19.7 Å².